The minimum Gasteiger partial charge on any atom is -0.507 e. The Balaban J connectivity index is 1.42. The summed E-state index contributed by atoms with van der Waals surface area (Å²) in [6, 6.07) is 8.84. The van der Waals surface area contributed by atoms with Crippen LogP contribution in [0.3, 0.4) is 0 Å². The number of carbonyl (C=O) groups excluding carboxylic acids is 4. The Kier molecular flexibility index (Phi) is 7.43. The summed E-state index contributed by atoms with van der Waals surface area (Å²) in [4.78, 5) is 61.9. The monoisotopic (exact) mass is 735 g/mol. The van der Waals surface area contributed by atoms with Gasteiger partial charge in [0.05, 0.1) is 22.4 Å². The number of anilines is 2. The number of para-hydroxylation sites is 1. The third-order valence-corrected chi connectivity index (χ3v) is 11.5. The van der Waals surface area contributed by atoms with Crippen LogP contribution in [-0.2, 0) is 19.2 Å². The Hall–Kier alpha value is -4.89. The van der Waals surface area contributed by atoms with E-state index in [4.69, 9.17) is 23.2 Å². The molecule has 1 saturated carbocycles. The normalized spacial score (nSPS) is 28.8. The molecule has 3 fully saturated rings. The molecule has 2 aliphatic carbocycles. The number of aryl methyl sites for hydroxylation is 1. The number of aromatic hydroxyl groups is 1. The number of halogens is 7. The van der Waals surface area contributed by atoms with E-state index in [1.807, 2.05) is 0 Å². The third kappa shape index (κ3) is 4.13. The minimum atomic E-state index is -2.78. The van der Waals surface area contributed by atoms with Crippen LogP contribution in [0.5, 0.6) is 5.75 Å². The summed E-state index contributed by atoms with van der Waals surface area (Å²) in [5.41, 5.74) is -1.92. The zero-order valence-electron chi connectivity index (χ0n) is 25.2. The van der Waals surface area contributed by atoms with Gasteiger partial charge in [0, 0.05) is 23.6 Å². The minimum absolute atomic E-state index is 0.00197. The fraction of sp³-hybridized carbons (Fsp3) is 0.273. The van der Waals surface area contributed by atoms with Crippen LogP contribution in [0.4, 0.5) is 39.0 Å². The highest BCUT2D eigenvalue weighted by molar-refractivity contribution is 6.58. The second kappa shape index (κ2) is 11.1. The van der Waals surface area contributed by atoms with Crippen molar-refractivity contribution < 1.29 is 51.2 Å². The number of alkyl halides is 2. The molecule has 3 aromatic carbocycles. The van der Waals surface area contributed by atoms with Crippen LogP contribution >= 0.6 is 23.2 Å². The van der Waals surface area contributed by atoms with Crippen molar-refractivity contribution >= 4 is 63.9 Å². The highest BCUT2D eigenvalue weighted by atomic mass is 35.5. The highest BCUT2D eigenvalue weighted by Gasteiger charge is 2.77. The van der Waals surface area contributed by atoms with E-state index in [2.05, 4.69) is 0 Å². The number of hydrogen-bond acceptors (Lipinski definition) is 7. The van der Waals surface area contributed by atoms with Crippen molar-refractivity contribution in [2.45, 2.75) is 35.4 Å². The maximum atomic E-state index is 15.2. The van der Waals surface area contributed by atoms with Crippen LogP contribution in [-0.4, -0.2) is 43.4 Å². The van der Waals surface area contributed by atoms with E-state index in [1.54, 1.807) is 0 Å². The van der Waals surface area contributed by atoms with Gasteiger partial charge >= 0.3 is 0 Å². The second-order valence-electron chi connectivity index (χ2n) is 12.5. The van der Waals surface area contributed by atoms with Gasteiger partial charge in [-0.25, -0.2) is 26.9 Å². The van der Waals surface area contributed by atoms with Crippen molar-refractivity contribution in [3.63, 3.8) is 0 Å². The number of nitrogens with zero attached hydrogens (tertiary/aromatic N) is 3. The Morgan fingerprint density at radius 3 is 2.04 bits per heavy atom. The highest BCUT2D eigenvalue weighted by Crippen LogP contribution is 2.67. The second-order valence-corrected chi connectivity index (χ2v) is 13.7. The molecule has 50 heavy (non-hydrogen) atoms. The van der Waals surface area contributed by atoms with Gasteiger partial charge < -0.3 is 5.11 Å². The molecule has 3 aromatic rings. The van der Waals surface area contributed by atoms with Crippen molar-refractivity contribution in [2.75, 3.05) is 9.80 Å². The van der Waals surface area contributed by atoms with E-state index < -0.39 is 109 Å². The van der Waals surface area contributed by atoms with Gasteiger partial charge in [0.2, 0.25) is 17.6 Å². The molecule has 258 valence electrons. The number of phenolic OH excluding ortho intramolecular Hbond substituents is 1. The van der Waals surface area contributed by atoms with Gasteiger partial charge in [0.1, 0.15) is 11.4 Å². The van der Waals surface area contributed by atoms with Gasteiger partial charge in [-0.15, -0.1) is 23.2 Å². The third-order valence-electron chi connectivity index (χ3n) is 10.1. The predicted molar refractivity (Wildman–Crippen MR) is 165 cm³/mol. The molecular formula is C33H20Cl2F5N3O7. The molecule has 2 aliphatic heterocycles. The number of imide groups is 2. The van der Waals surface area contributed by atoms with Gasteiger partial charge in [0.25, 0.3) is 17.5 Å². The molecule has 4 amide bonds. The van der Waals surface area contributed by atoms with E-state index >= 15 is 8.78 Å². The van der Waals surface area contributed by atoms with Gasteiger partial charge in [-0.1, -0.05) is 29.8 Å². The Bertz CT molecular complexity index is 2120. The Morgan fingerprint density at radius 1 is 0.840 bits per heavy atom. The zero-order valence-corrected chi connectivity index (χ0v) is 26.7. The molecule has 0 aromatic heterocycles. The van der Waals surface area contributed by atoms with Crippen LogP contribution < -0.4 is 9.80 Å². The molecule has 2 saturated heterocycles. The smallest absolute Gasteiger partial charge is 0.269 e. The first-order valence-corrected chi connectivity index (χ1v) is 15.6. The number of carbonyl (C=O) groups is 4. The summed E-state index contributed by atoms with van der Waals surface area (Å²) < 4.78 is 73.1. The number of rotatable bonds is 4. The fourth-order valence-electron chi connectivity index (χ4n) is 7.80. The lowest BCUT2D eigenvalue weighted by Gasteiger charge is -2.50. The van der Waals surface area contributed by atoms with E-state index in [-0.39, 0.29) is 39.4 Å². The summed E-state index contributed by atoms with van der Waals surface area (Å²) in [6.07, 6.45) is 0.638. The first kappa shape index (κ1) is 33.6. The molecule has 7 rings (SSSR count). The molecule has 0 bridgehead atoms. The van der Waals surface area contributed by atoms with E-state index in [0.717, 1.165) is 17.0 Å². The molecule has 0 spiro atoms. The van der Waals surface area contributed by atoms with Crippen molar-refractivity contribution in [3.05, 3.63) is 104 Å². The topological polar surface area (TPSA) is 138 Å². The number of non-ortho nitro benzene ring substituents is 1. The molecule has 1 N–H and O–H groups in total. The molecule has 17 heteroatoms. The van der Waals surface area contributed by atoms with Crippen LogP contribution in [0.1, 0.15) is 29.9 Å². The van der Waals surface area contributed by atoms with Crippen LogP contribution in [0.2, 0.25) is 0 Å². The standard InChI is InChI=1S/C33H20Cl2F5N3O7/c1-12-3-2-4-17(27(12)44)20-15-9-10-16-19(29(46)41(28(16)45)13-5-7-14(8-6-13)43(49)50)18(15)11-32(34)30(47)42(31(48)33(20,32)35)26-24(39)22(37)21(36)23(38)25(26)40/h2-9,16,18-20,44H,10-11H2,1H3/t16-,18+,19-,20+,32+,33-/m0/s1. The van der Waals surface area contributed by atoms with E-state index in [9.17, 15) is 47.6 Å². The lowest BCUT2D eigenvalue weighted by molar-refractivity contribution is -0.384. The fourth-order valence-corrected chi connectivity index (χ4v) is 8.73. The summed E-state index contributed by atoms with van der Waals surface area (Å²) in [5, 5.41) is 22.4. The van der Waals surface area contributed by atoms with Crippen molar-refractivity contribution in [1.82, 2.24) is 0 Å². The average molecular weight is 736 g/mol. The Morgan fingerprint density at radius 2 is 1.44 bits per heavy atom. The average Bonchev–Trinajstić information content (AvgIpc) is 3.42. The number of amides is 4. The molecule has 6 atom stereocenters. The molecule has 0 unspecified atom stereocenters. The molecule has 4 aliphatic rings. The molecule has 2 heterocycles. The lowest BCUT2D eigenvalue weighted by atomic mass is 9.56. The van der Waals surface area contributed by atoms with Crippen LogP contribution in [0.15, 0.2) is 54.1 Å². The summed E-state index contributed by atoms with van der Waals surface area (Å²) in [5.74, 6) is -22.9. The maximum Gasteiger partial charge on any atom is 0.269 e. The predicted octanol–water partition coefficient (Wildman–Crippen LogP) is 6.07. The van der Waals surface area contributed by atoms with Gasteiger partial charge in [-0.2, -0.15) is 0 Å². The first-order valence-electron chi connectivity index (χ1n) is 14.9. The maximum absolute atomic E-state index is 15.2. The summed E-state index contributed by atoms with van der Waals surface area (Å²) in [7, 11) is 0. The van der Waals surface area contributed by atoms with Crippen molar-refractivity contribution in [1.29, 1.82) is 0 Å². The summed E-state index contributed by atoms with van der Waals surface area (Å²) in [6.45, 7) is 1.49. The lowest BCUT2D eigenvalue weighted by Crippen LogP contribution is -2.60. The SMILES string of the molecule is Cc1cccc([C@H]2C3=CC[C@@H]4C(=O)N(c5ccc([N+](=O)[O-])cc5)C(=O)[C@@H]4[C@@H]3C[C@@]3(Cl)C(=O)N(c4c(F)c(F)c(F)c(F)c4F)C(=O)[C@@]23Cl)c1O. The molecule has 10 nitrogen and oxygen atoms in total. The summed E-state index contributed by atoms with van der Waals surface area (Å²) >= 11 is 14.1. The van der Waals surface area contributed by atoms with E-state index in [0.29, 0.717) is 0 Å². The number of nitro benzene ring substituents is 1. The number of nitro groups is 1. The van der Waals surface area contributed by atoms with Crippen LogP contribution in [0.25, 0.3) is 0 Å². The van der Waals surface area contributed by atoms with Gasteiger partial charge in [-0.05, 0) is 43.4 Å². The van der Waals surface area contributed by atoms with Gasteiger partial charge in [-0.3, -0.25) is 34.2 Å². The molecule has 0 radical (unpaired) electrons. The number of phenols is 1. The number of fused-ring (bicyclic) bond motifs is 4. The number of hydrogen-bond donors (Lipinski definition) is 1. The number of allylic oxidation sites excluding steroid dienone is 2. The van der Waals surface area contributed by atoms with Crippen LogP contribution in [0, 0.1) is 63.9 Å². The number of benzene rings is 3. The largest absolute Gasteiger partial charge is 0.507 e. The zero-order chi connectivity index (χ0) is 36.4. The van der Waals surface area contributed by atoms with Crippen molar-refractivity contribution in [2.24, 2.45) is 17.8 Å². The van der Waals surface area contributed by atoms with E-state index in [1.165, 1.54) is 43.3 Å². The molecular weight excluding hydrogens is 716 g/mol. The van der Waals surface area contributed by atoms with Crippen molar-refractivity contribution in [3.8, 4) is 5.75 Å². The quantitative estimate of drug-likeness (QED) is 0.0502. The first-order chi connectivity index (χ1) is 23.5. The Labute approximate surface area is 287 Å². The van der Waals surface area contributed by atoms with Gasteiger partial charge in [0.15, 0.2) is 33.0 Å².